The predicted molar refractivity (Wildman–Crippen MR) is 115 cm³/mol. The molecular weight excluding hydrogens is 334 g/mol. The lowest BCUT2D eigenvalue weighted by Crippen LogP contribution is -1.91. The average molecular weight is 358 g/mol. The molecule has 0 atom stereocenters. The zero-order valence-electron chi connectivity index (χ0n) is 15.1. The smallest absolute Gasteiger partial charge is 0.0850 e. The Morgan fingerprint density at radius 3 is 2.19 bits per heavy atom. The summed E-state index contributed by atoms with van der Waals surface area (Å²) in [5.41, 5.74) is 6.92. The third-order valence-corrected chi connectivity index (χ3v) is 4.72. The zero-order valence-corrected chi connectivity index (χ0v) is 15.9. The summed E-state index contributed by atoms with van der Waals surface area (Å²) in [5.74, 6) is 0. The molecule has 0 aliphatic carbocycles. The third kappa shape index (κ3) is 4.16. The second-order valence-corrected chi connectivity index (χ2v) is 6.57. The minimum atomic E-state index is 0.960. The normalized spacial score (nSPS) is 10.3. The van der Waals surface area contributed by atoms with Crippen LogP contribution in [-0.4, -0.2) is 5.16 Å². The fourth-order valence-corrected chi connectivity index (χ4v) is 3.43. The van der Waals surface area contributed by atoms with Crippen LogP contribution >= 0.6 is 12.2 Å². The van der Waals surface area contributed by atoms with Crippen molar-refractivity contribution in [2.75, 3.05) is 0 Å². The zero-order chi connectivity index (χ0) is 18.2. The van der Waals surface area contributed by atoms with Gasteiger partial charge in [0.15, 0.2) is 0 Å². The molecule has 0 N–H and O–H groups in total. The SMILES string of the molecule is CCCCCc1cccc(-c2ccccc2-c2ccccc2)c1N=C=S. The Labute approximate surface area is 161 Å². The summed E-state index contributed by atoms with van der Waals surface area (Å²) >= 11 is 4.95. The van der Waals surface area contributed by atoms with Crippen molar-refractivity contribution in [3.63, 3.8) is 0 Å². The van der Waals surface area contributed by atoms with Gasteiger partial charge in [-0.05, 0) is 47.3 Å². The van der Waals surface area contributed by atoms with Gasteiger partial charge in [-0.3, -0.25) is 0 Å². The maximum atomic E-state index is 4.95. The summed E-state index contributed by atoms with van der Waals surface area (Å²) in [6, 6.07) is 25.4. The first-order valence-electron chi connectivity index (χ1n) is 9.19. The fourth-order valence-electron chi connectivity index (χ4n) is 3.34. The Bertz CT molecular complexity index is 909. The van der Waals surface area contributed by atoms with E-state index in [0.29, 0.717) is 0 Å². The molecular formula is C24H23NS. The summed E-state index contributed by atoms with van der Waals surface area (Å²) in [7, 11) is 0. The third-order valence-electron chi connectivity index (χ3n) is 4.63. The lowest BCUT2D eigenvalue weighted by atomic mass is 9.91. The number of hydrogen-bond acceptors (Lipinski definition) is 2. The number of rotatable bonds is 7. The molecule has 0 aromatic heterocycles. The summed E-state index contributed by atoms with van der Waals surface area (Å²) in [6.45, 7) is 2.22. The molecule has 1 nitrogen and oxygen atoms in total. The van der Waals surface area contributed by atoms with Gasteiger partial charge in [0.1, 0.15) is 0 Å². The molecule has 130 valence electrons. The molecule has 3 aromatic carbocycles. The van der Waals surface area contributed by atoms with E-state index in [1.165, 1.54) is 41.5 Å². The Hall–Kier alpha value is -2.54. The van der Waals surface area contributed by atoms with E-state index in [-0.39, 0.29) is 0 Å². The van der Waals surface area contributed by atoms with Crippen LogP contribution in [0.4, 0.5) is 5.69 Å². The van der Waals surface area contributed by atoms with Crippen LogP contribution in [0.2, 0.25) is 0 Å². The largest absolute Gasteiger partial charge is 0.194 e. The monoisotopic (exact) mass is 357 g/mol. The maximum absolute atomic E-state index is 4.95. The van der Waals surface area contributed by atoms with Crippen molar-refractivity contribution < 1.29 is 0 Å². The molecule has 26 heavy (non-hydrogen) atoms. The number of isothiocyanates is 1. The molecule has 0 fully saturated rings. The van der Waals surface area contributed by atoms with Crippen LogP contribution in [0.1, 0.15) is 31.7 Å². The van der Waals surface area contributed by atoms with Gasteiger partial charge >= 0.3 is 0 Å². The van der Waals surface area contributed by atoms with Gasteiger partial charge in [0.05, 0.1) is 10.8 Å². The Balaban J connectivity index is 2.13. The molecule has 0 saturated heterocycles. The van der Waals surface area contributed by atoms with Gasteiger partial charge in [-0.1, -0.05) is 92.6 Å². The van der Waals surface area contributed by atoms with Crippen LogP contribution in [0.25, 0.3) is 22.3 Å². The van der Waals surface area contributed by atoms with E-state index in [2.05, 4.69) is 83.8 Å². The van der Waals surface area contributed by atoms with Crippen LogP contribution in [0.3, 0.4) is 0 Å². The van der Waals surface area contributed by atoms with Gasteiger partial charge in [-0.25, -0.2) is 0 Å². The van der Waals surface area contributed by atoms with Crippen LogP contribution in [-0.2, 0) is 6.42 Å². The molecule has 0 bridgehead atoms. The van der Waals surface area contributed by atoms with Crippen molar-refractivity contribution >= 4 is 23.1 Å². The summed E-state index contributed by atoms with van der Waals surface area (Å²) in [5, 5.41) is 2.59. The lowest BCUT2D eigenvalue weighted by molar-refractivity contribution is 0.718. The van der Waals surface area contributed by atoms with Crippen molar-refractivity contribution in [2.24, 2.45) is 4.99 Å². The van der Waals surface area contributed by atoms with Gasteiger partial charge < -0.3 is 0 Å². The predicted octanol–water partition coefficient (Wildman–Crippen LogP) is 7.49. The van der Waals surface area contributed by atoms with Crippen molar-refractivity contribution in [1.29, 1.82) is 0 Å². The second-order valence-electron chi connectivity index (χ2n) is 6.39. The quantitative estimate of drug-likeness (QED) is 0.242. The first-order chi connectivity index (χ1) is 12.8. The molecule has 2 heteroatoms. The van der Waals surface area contributed by atoms with Crippen LogP contribution < -0.4 is 0 Å². The molecule has 0 amide bonds. The fraction of sp³-hybridized carbons (Fsp3) is 0.208. The van der Waals surface area contributed by atoms with Crippen molar-refractivity contribution in [3.05, 3.63) is 78.4 Å². The molecule has 3 rings (SSSR count). The molecule has 0 radical (unpaired) electrons. The van der Waals surface area contributed by atoms with Crippen molar-refractivity contribution in [1.82, 2.24) is 0 Å². The average Bonchev–Trinajstić information content (AvgIpc) is 2.70. The van der Waals surface area contributed by atoms with E-state index in [0.717, 1.165) is 17.7 Å². The van der Waals surface area contributed by atoms with E-state index in [4.69, 9.17) is 12.2 Å². The minimum Gasteiger partial charge on any atom is -0.194 e. The summed E-state index contributed by atoms with van der Waals surface area (Å²) in [6.07, 6.45) is 4.62. The number of unbranched alkanes of at least 4 members (excludes halogenated alkanes) is 2. The van der Waals surface area contributed by atoms with Gasteiger partial charge in [0, 0.05) is 5.56 Å². The Morgan fingerprint density at radius 1 is 0.769 bits per heavy atom. The molecule has 0 unspecified atom stereocenters. The molecule has 0 spiro atoms. The topological polar surface area (TPSA) is 12.4 Å². The molecule has 0 aliphatic heterocycles. The summed E-state index contributed by atoms with van der Waals surface area (Å²) < 4.78 is 0. The van der Waals surface area contributed by atoms with Crippen molar-refractivity contribution in [3.8, 4) is 22.3 Å². The van der Waals surface area contributed by atoms with Crippen LogP contribution in [0.5, 0.6) is 0 Å². The number of nitrogens with zero attached hydrogens (tertiary/aromatic N) is 1. The molecule has 0 aliphatic rings. The van der Waals surface area contributed by atoms with E-state index in [1.54, 1.807) is 0 Å². The number of aryl methyl sites for hydroxylation is 1. The highest BCUT2D eigenvalue weighted by Crippen LogP contribution is 2.39. The number of thiocarbonyl (C=S) groups is 1. The van der Waals surface area contributed by atoms with Gasteiger partial charge in [0.2, 0.25) is 0 Å². The highest BCUT2D eigenvalue weighted by Gasteiger charge is 2.13. The standard InChI is InChI=1S/C24H23NS/c1-2-3-5-13-20-14-10-17-23(24(20)25-18-26)22-16-9-8-15-21(22)19-11-6-4-7-12-19/h4,6-12,14-17H,2-3,5,13H2,1H3. The van der Waals surface area contributed by atoms with Gasteiger partial charge in [-0.2, -0.15) is 4.99 Å². The van der Waals surface area contributed by atoms with Crippen LogP contribution in [0.15, 0.2) is 77.8 Å². The number of para-hydroxylation sites is 1. The minimum absolute atomic E-state index is 0.960. The van der Waals surface area contributed by atoms with Crippen molar-refractivity contribution in [2.45, 2.75) is 32.6 Å². The van der Waals surface area contributed by atoms with E-state index in [9.17, 15) is 0 Å². The van der Waals surface area contributed by atoms with E-state index < -0.39 is 0 Å². The first-order valence-corrected chi connectivity index (χ1v) is 9.60. The lowest BCUT2D eigenvalue weighted by Gasteiger charge is -2.14. The number of aliphatic imine (C=N–C) groups is 1. The van der Waals surface area contributed by atoms with Gasteiger partial charge in [-0.15, -0.1) is 0 Å². The highest BCUT2D eigenvalue weighted by atomic mass is 32.1. The van der Waals surface area contributed by atoms with E-state index in [1.807, 2.05) is 6.07 Å². The van der Waals surface area contributed by atoms with Gasteiger partial charge in [0.25, 0.3) is 0 Å². The maximum Gasteiger partial charge on any atom is 0.0850 e. The number of benzene rings is 3. The van der Waals surface area contributed by atoms with E-state index >= 15 is 0 Å². The Morgan fingerprint density at radius 2 is 1.46 bits per heavy atom. The second kappa shape index (κ2) is 9.24. The molecule has 0 heterocycles. The number of hydrogen-bond donors (Lipinski definition) is 0. The van der Waals surface area contributed by atoms with Crippen LogP contribution in [0, 0.1) is 0 Å². The first kappa shape index (κ1) is 18.3. The Kier molecular flexibility index (Phi) is 6.49. The molecule has 0 saturated carbocycles. The molecule has 3 aromatic rings. The highest BCUT2D eigenvalue weighted by molar-refractivity contribution is 7.78. The summed E-state index contributed by atoms with van der Waals surface area (Å²) in [4.78, 5) is 4.46.